The van der Waals surface area contributed by atoms with Gasteiger partial charge < -0.3 is 0 Å². The lowest BCUT2D eigenvalue weighted by Gasteiger charge is -2.26. The van der Waals surface area contributed by atoms with Crippen LogP contribution in [0, 0.1) is 5.92 Å². The lowest BCUT2D eigenvalue weighted by Crippen LogP contribution is -2.25. The summed E-state index contributed by atoms with van der Waals surface area (Å²) in [7, 11) is 0. The summed E-state index contributed by atoms with van der Waals surface area (Å²) in [4.78, 5) is 9.75. The fourth-order valence-corrected chi connectivity index (χ4v) is 1.13. The molecule has 0 amide bonds. The molecule has 0 aromatic rings. The summed E-state index contributed by atoms with van der Waals surface area (Å²) in [5, 5.41) is 0. The minimum Gasteiger partial charge on any atom is -0.297 e. The largest absolute Gasteiger partial charge is 0.302 e. The average Bonchev–Trinajstić information content (AvgIpc) is 1.80. The maximum Gasteiger partial charge on any atom is 0.302 e. The number of hydrogen-bond acceptors (Lipinski definition) is 1. The molecule has 1 aliphatic carbocycles. The fourth-order valence-electron chi connectivity index (χ4n) is 1.13. The maximum atomic E-state index is 12.3. The number of rotatable bonds is 3. The van der Waals surface area contributed by atoms with E-state index in [1.807, 2.05) is 0 Å². The quantitative estimate of drug-likeness (QED) is 0.559. The minimum atomic E-state index is -3.06. The summed E-state index contributed by atoms with van der Waals surface area (Å²) in [5.41, 5.74) is 0. The minimum absolute atomic E-state index is 0.0974. The molecular weight excluding hydrogens is 138 g/mol. The highest BCUT2D eigenvalue weighted by Gasteiger charge is 2.34. The highest BCUT2D eigenvalue weighted by Crippen LogP contribution is 2.34. The zero-order valence-electron chi connectivity index (χ0n) is 5.65. The van der Waals surface area contributed by atoms with E-state index in [1.54, 1.807) is 0 Å². The molecule has 1 nitrogen and oxygen atoms in total. The molecule has 0 heterocycles. The molecule has 0 unspecified atom stereocenters. The molecule has 1 saturated carbocycles. The van der Waals surface area contributed by atoms with Gasteiger partial charge in [0.2, 0.25) is 0 Å². The zero-order chi connectivity index (χ0) is 7.61. The molecule has 1 fully saturated rings. The Morgan fingerprint density at radius 3 is 2.40 bits per heavy atom. The lowest BCUT2D eigenvalue weighted by molar-refractivity contribution is -0.132. The van der Waals surface area contributed by atoms with Crippen molar-refractivity contribution >= 4 is 6.29 Å². The van der Waals surface area contributed by atoms with Crippen molar-refractivity contribution in [2.75, 3.05) is 0 Å². The third-order valence-electron chi connectivity index (χ3n) is 1.96. The summed E-state index contributed by atoms with van der Waals surface area (Å²) in [6, 6.07) is 0. The predicted molar refractivity (Wildman–Crippen MR) is 33.0 cm³/mol. The van der Waals surface area contributed by atoms with Crippen LogP contribution in [0.4, 0.5) is 8.78 Å². The van der Waals surface area contributed by atoms with E-state index >= 15 is 0 Å². The Labute approximate surface area is 58.4 Å². The van der Waals surface area contributed by atoms with Gasteiger partial charge in [-0.15, -0.1) is 0 Å². The van der Waals surface area contributed by atoms with Crippen LogP contribution in [-0.2, 0) is 4.79 Å². The number of carbonyl (C=O) groups excluding carboxylic acids is 1. The Morgan fingerprint density at radius 1 is 1.50 bits per heavy atom. The normalized spacial score (nSPS) is 20.2. The summed E-state index contributed by atoms with van der Waals surface area (Å²) < 4.78 is 24.5. The summed E-state index contributed by atoms with van der Waals surface area (Å²) in [6.07, 6.45) is 2.29. The van der Waals surface area contributed by atoms with Crippen LogP contribution < -0.4 is 0 Å². The van der Waals surface area contributed by atoms with Gasteiger partial charge in [0, 0.05) is 6.42 Å². The van der Waals surface area contributed by atoms with Gasteiger partial charge in [-0.2, -0.15) is 8.78 Å². The molecule has 1 rings (SSSR count). The van der Waals surface area contributed by atoms with Crippen LogP contribution in [0.25, 0.3) is 0 Å². The number of carbonyl (C=O) groups is 1. The number of aldehydes is 1. The Balaban J connectivity index is 2.27. The SMILES string of the molecule is O=CC(F)(F)CC1CCC1. The predicted octanol–water partition coefficient (Wildman–Crippen LogP) is 2.01. The van der Waals surface area contributed by atoms with E-state index in [9.17, 15) is 13.6 Å². The van der Waals surface area contributed by atoms with Crippen LogP contribution >= 0.6 is 0 Å². The number of halogens is 2. The van der Waals surface area contributed by atoms with Gasteiger partial charge in [-0.3, -0.25) is 4.79 Å². The highest BCUT2D eigenvalue weighted by molar-refractivity contribution is 5.59. The van der Waals surface area contributed by atoms with Gasteiger partial charge in [-0.1, -0.05) is 19.3 Å². The third kappa shape index (κ3) is 1.75. The van der Waals surface area contributed by atoms with Crippen LogP contribution in [0.2, 0.25) is 0 Å². The van der Waals surface area contributed by atoms with Crippen molar-refractivity contribution in [1.29, 1.82) is 0 Å². The molecule has 0 aromatic heterocycles. The summed E-state index contributed by atoms with van der Waals surface area (Å²) >= 11 is 0. The molecule has 0 saturated heterocycles. The van der Waals surface area contributed by atoms with Crippen molar-refractivity contribution in [2.24, 2.45) is 5.92 Å². The Morgan fingerprint density at radius 2 is 2.10 bits per heavy atom. The van der Waals surface area contributed by atoms with Crippen molar-refractivity contribution < 1.29 is 13.6 Å². The molecule has 0 spiro atoms. The molecule has 0 bridgehead atoms. The average molecular weight is 148 g/mol. The second kappa shape index (κ2) is 2.64. The second-order valence-electron chi connectivity index (χ2n) is 2.88. The summed E-state index contributed by atoms with van der Waals surface area (Å²) in [5.74, 6) is -2.97. The van der Waals surface area contributed by atoms with Crippen LogP contribution in [0.1, 0.15) is 25.7 Å². The van der Waals surface area contributed by atoms with Gasteiger partial charge in [0.1, 0.15) is 0 Å². The molecule has 0 aliphatic heterocycles. The van der Waals surface area contributed by atoms with E-state index in [0.717, 1.165) is 19.3 Å². The number of hydrogen-bond donors (Lipinski definition) is 0. The van der Waals surface area contributed by atoms with Gasteiger partial charge in [0.05, 0.1) is 0 Å². The van der Waals surface area contributed by atoms with Crippen molar-refractivity contribution in [3.8, 4) is 0 Å². The first-order chi connectivity index (χ1) is 4.64. The molecule has 3 heteroatoms. The fraction of sp³-hybridized carbons (Fsp3) is 0.857. The van der Waals surface area contributed by atoms with E-state index < -0.39 is 5.92 Å². The molecule has 10 heavy (non-hydrogen) atoms. The van der Waals surface area contributed by atoms with E-state index in [4.69, 9.17) is 0 Å². The highest BCUT2D eigenvalue weighted by atomic mass is 19.3. The van der Waals surface area contributed by atoms with E-state index in [0.29, 0.717) is 0 Å². The monoisotopic (exact) mass is 148 g/mol. The first-order valence-corrected chi connectivity index (χ1v) is 3.48. The zero-order valence-corrected chi connectivity index (χ0v) is 5.65. The van der Waals surface area contributed by atoms with Gasteiger partial charge in [0.15, 0.2) is 6.29 Å². The number of alkyl halides is 2. The first-order valence-electron chi connectivity index (χ1n) is 3.48. The van der Waals surface area contributed by atoms with Crippen molar-refractivity contribution in [3.63, 3.8) is 0 Å². The first kappa shape index (κ1) is 7.63. The smallest absolute Gasteiger partial charge is 0.297 e. The molecule has 1 aliphatic rings. The Hall–Kier alpha value is -0.470. The van der Waals surface area contributed by atoms with Crippen LogP contribution in [0.15, 0.2) is 0 Å². The Bertz CT molecular complexity index is 130. The maximum absolute atomic E-state index is 12.3. The van der Waals surface area contributed by atoms with Crippen molar-refractivity contribution in [3.05, 3.63) is 0 Å². The van der Waals surface area contributed by atoms with Gasteiger partial charge in [0.25, 0.3) is 0 Å². The van der Waals surface area contributed by atoms with E-state index in [2.05, 4.69) is 0 Å². The second-order valence-corrected chi connectivity index (χ2v) is 2.88. The van der Waals surface area contributed by atoms with Gasteiger partial charge >= 0.3 is 5.92 Å². The van der Waals surface area contributed by atoms with Crippen LogP contribution in [0.3, 0.4) is 0 Å². The molecule has 0 aromatic carbocycles. The molecule has 0 atom stereocenters. The van der Waals surface area contributed by atoms with Crippen LogP contribution in [-0.4, -0.2) is 12.2 Å². The standard InChI is InChI=1S/C7H10F2O/c8-7(9,5-10)4-6-2-1-3-6/h5-6H,1-4H2. The summed E-state index contributed by atoms with van der Waals surface area (Å²) in [6.45, 7) is 0. The van der Waals surface area contributed by atoms with Crippen LogP contribution in [0.5, 0.6) is 0 Å². The van der Waals surface area contributed by atoms with Crippen molar-refractivity contribution in [1.82, 2.24) is 0 Å². The van der Waals surface area contributed by atoms with Gasteiger partial charge in [-0.05, 0) is 5.92 Å². The third-order valence-corrected chi connectivity index (χ3v) is 1.96. The molecule has 58 valence electrons. The van der Waals surface area contributed by atoms with E-state index in [-0.39, 0.29) is 18.6 Å². The van der Waals surface area contributed by atoms with Crippen molar-refractivity contribution in [2.45, 2.75) is 31.6 Å². The van der Waals surface area contributed by atoms with E-state index in [1.165, 1.54) is 0 Å². The van der Waals surface area contributed by atoms with Gasteiger partial charge in [-0.25, -0.2) is 0 Å². The Kier molecular flexibility index (Phi) is 2.02. The molecule has 0 N–H and O–H groups in total. The lowest BCUT2D eigenvalue weighted by atomic mass is 9.81. The molecular formula is C7H10F2O. The topological polar surface area (TPSA) is 17.1 Å². The molecule has 0 radical (unpaired) electrons.